The van der Waals surface area contributed by atoms with Gasteiger partial charge in [0.1, 0.15) is 10.7 Å². The fraction of sp³-hybridized carbons (Fsp3) is 0.250. The summed E-state index contributed by atoms with van der Waals surface area (Å²) in [7, 11) is 1.17. The smallest absolute Gasteiger partial charge is 0.341 e. The van der Waals surface area contributed by atoms with Crippen LogP contribution in [0.2, 0.25) is 5.15 Å². The molecule has 3 nitrogen and oxygen atoms in total. The summed E-state index contributed by atoms with van der Waals surface area (Å²) in [6, 6.07) is 1.13. The van der Waals surface area contributed by atoms with Crippen molar-refractivity contribution in [3.05, 3.63) is 28.3 Å². The Labute approximate surface area is 79.5 Å². The number of hydrogen-bond donors (Lipinski definition) is 0. The third kappa shape index (κ3) is 1.95. The summed E-state index contributed by atoms with van der Waals surface area (Å²) >= 11 is 5.54. The van der Waals surface area contributed by atoms with E-state index in [0.717, 1.165) is 6.07 Å². The molecule has 13 heavy (non-hydrogen) atoms. The molecule has 0 fully saturated rings. The van der Waals surface area contributed by atoms with Crippen molar-refractivity contribution in [1.29, 1.82) is 0 Å². The fourth-order valence-electron chi connectivity index (χ4n) is 0.877. The average Bonchev–Trinajstić information content (AvgIpc) is 2.10. The maximum Gasteiger partial charge on any atom is 0.341 e. The second-order valence-electron chi connectivity index (χ2n) is 2.38. The molecule has 0 saturated heterocycles. The van der Waals surface area contributed by atoms with Crippen LogP contribution >= 0.6 is 11.6 Å². The van der Waals surface area contributed by atoms with E-state index in [9.17, 15) is 9.18 Å². The molecular formula is C8H7ClFNO2. The van der Waals surface area contributed by atoms with Gasteiger partial charge in [-0.3, -0.25) is 0 Å². The highest BCUT2D eigenvalue weighted by atomic mass is 35.5. The second-order valence-corrected chi connectivity index (χ2v) is 2.77. The third-order valence-corrected chi connectivity index (χ3v) is 1.69. The molecule has 1 heterocycles. The molecule has 1 aromatic heterocycles. The highest BCUT2D eigenvalue weighted by Crippen LogP contribution is 2.16. The van der Waals surface area contributed by atoms with Gasteiger partial charge in [-0.05, 0) is 13.0 Å². The van der Waals surface area contributed by atoms with Gasteiger partial charge in [-0.25, -0.2) is 14.2 Å². The van der Waals surface area contributed by atoms with Crippen molar-refractivity contribution in [2.45, 2.75) is 6.92 Å². The molecule has 0 unspecified atom stereocenters. The van der Waals surface area contributed by atoms with Crippen molar-refractivity contribution < 1.29 is 13.9 Å². The average molecular weight is 204 g/mol. The molecule has 0 aliphatic carbocycles. The summed E-state index contributed by atoms with van der Waals surface area (Å²) in [6.45, 7) is 1.42. The van der Waals surface area contributed by atoms with E-state index in [2.05, 4.69) is 9.72 Å². The maximum absolute atomic E-state index is 13.2. The van der Waals surface area contributed by atoms with Gasteiger partial charge in [0, 0.05) is 0 Å². The van der Waals surface area contributed by atoms with Crippen LogP contribution in [-0.2, 0) is 4.74 Å². The zero-order valence-corrected chi connectivity index (χ0v) is 7.85. The van der Waals surface area contributed by atoms with E-state index < -0.39 is 11.8 Å². The Balaban J connectivity index is 3.28. The van der Waals surface area contributed by atoms with E-state index in [1.165, 1.54) is 14.0 Å². The second kappa shape index (κ2) is 3.70. The number of carbonyl (C=O) groups is 1. The van der Waals surface area contributed by atoms with Crippen LogP contribution in [0.3, 0.4) is 0 Å². The number of aryl methyl sites for hydroxylation is 1. The number of esters is 1. The number of rotatable bonds is 1. The molecule has 1 aromatic rings. The van der Waals surface area contributed by atoms with Crippen molar-refractivity contribution in [2.75, 3.05) is 7.11 Å². The first-order valence-electron chi connectivity index (χ1n) is 3.47. The molecule has 0 amide bonds. The van der Waals surface area contributed by atoms with Crippen molar-refractivity contribution in [3.8, 4) is 0 Å². The van der Waals surface area contributed by atoms with Gasteiger partial charge in [0.05, 0.1) is 12.8 Å². The number of nitrogens with zero attached hydrogens (tertiary/aromatic N) is 1. The molecule has 0 aliphatic rings. The van der Waals surface area contributed by atoms with E-state index in [4.69, 9.17) is 11.6 Å². The van der Waals surface area contributed by atoms with E-state index in [1.54, 1.807) is 0 Å². The Morgan fingerprint density at radius 3 is 2.85 bits per heavy atom. The van der Waals surface area contributed by atoms with Crippen LogP contribution in [0.5, 0.6) is 0 Å². The number of pyridine rings is 1. The normalized spacial score (nSPS) is 9.85. The first kappa shape index (κ1) is 9.92. The van der Waals surface area contributed by atoms with Crippen LogP contribution in [0.1, 0.15) is 16.1 Å². The lowest BCUT2D eigenvalue weighted by atomic mass is 10.2. The molecular weight excluding hydrogens is 197 g/mol. The molecule has 1 rings (SSSR count). The summed E-state index contributed by atoms with van der Waals surface area (Å²) in [5.74, 6) is -1.46. The minimum Gasteiger partial charge on any atom is -0.465 e. The summed E-state index contributed by atoms with van der Waals surface area (Å²) < 4.78 is 17.6. The van der Waals surface area contributed by atoms with E-state index >= 15 is 0 Å². The summed E-state index contributed by atoms with van der Waals surface area (Å²) in [4.78, 5) is 14.6. The minimum atomic E-state index is -0.759. The number of carbonyl (C=O) groups excluding carboxylic acids is 1. The highest BCUT2D eigenvalue weighted by molar-refractivity contribution is 6.29. The van der Waals surface area contributed by atoms with Gasteiger partial charge in [0.15, 0.2) is 5.82 Å². The van der Waals surface area contributed by atoms with E-state index in [0.29, 0.717) is 0 Å². The molecule has 0 aliphatic heterocycles. The molecule has 5 heteroatoms. The fourth-order valence-corrected chi connectivity index (χ4v) is 1.11. The van der Waals surface area contributed by atoms with Gasteiger partial charge >= 0.3 is 5.97 Å². The number of hydrogen-bond acceptors (Lipinski definition) is 3. The van der Waals surface area contributed by atoms with Gasteiger partial charge in [-0.15, -0.1) is 0 Å². The molecule has 70 valence electrons. The molecule has 0 atom stereocenters. The zero-order valence-electron chi connectivity index (χ0n) is 7.10. The van der Waals surface area contributed by atoms with Crippen molar-refractivity contribution in [3.63, 3.8) is 0 Å². The SMILES string of the molecule is COC(=O)c1cc(Cl)nc(C)c1F. The van der Waals surface area contributed by atoms with Crippen LogP contribution < -0.4 is 0 Å². The van der Waals surface area contributed by atoms with Gasteiger partial charge in [0.25, 0.3) is 0 Å². The molecule has 0 saturated carbocycles. The van der Waals surface area contributed by atoms with Crippen LogP contribution in [0.15, 0.2) is 6.07 Å². The molecule has 0 bridgehead atoms. The van der Waals surface area contributed by atoms with Crippen molar-refractivity contribution in [1.82, 2.24) is 4.98 Å². The molecule has 0 N–H and O–H groups in total. The van der Waals surface area contributed by atoms with Crippen molar-refractivity contribution >= 4 is 17.6 Å². The first-order valence-corrected chi connectivity index (χ1v) is 3.85. The van der Waals surface area contributed by atoms with Gasteiger partial charge in [-0.1, -0.05) is 11.6 Å². The Morgan fingerprint density at radius 2 is 2.31 bits per heavy atom. The molecule has 0 aromatic carbocycles. The minimum absolute atomic E-state index is 0.0688. The number of halogens is 2. The van der Waals surface area contributed by atoms with Crippen LogP contribution in [0, 0.1) is 12.7 Å². The number of ether oxygens (including phenoxy) is 1. The summed E-state index contributed by atoms with van der Waals surface area (Å²) in [5.41, 5.74) is -0.118. The van der Waals surface area contributed by atoms with Crippen LogP contribution in [0.4, 0.5) is 4.39 Å². The summed E-state index contributed by atoms with van der Waals surface area (Å²) in [5, 5.41) is 0.0688. The van der Waals surface area contributed by atoms with Crippen LogP contribution in [-0.4, -0.2) is 18.1 Å². The van der Waals surface area contributed by atoms with Crippen LogP contribution in [0.25, 0.3) is 0 Å². The largest absolute Gasteiger partial charge is 0.465 e. The lowest BCUT2D eigenvalue weighted by Gasteiger charge is -2.03. The Hall–Kier alpha value is -1.16. The van der Waals surface area contributed by atoms with E-state index in [1.807, 2.05) is 0 Å². The third-order valence-electron chi connectivity index (χ3n) is 1.50. The van der Waals surface area contributed by atoms with E-state index in [-0.39, 0.29) is 16.4 Å². The monoisotopic (exact) mass is 203 g/mol. The molecule has 0 radical (unpaired) electrons. The lowest BCUT2D eigenvalue weighted by Crippen LogP contribution is -2.07. The topological polar surface area (TPSA) is 39.2 Å². The highest BCUT2D eigenvalue weighted by Gasteiger charge is 2.15. The number of methoxy groups -OCH3 is 1. The maximum atomic E-state index is 13.2. The Kier molecular flexibility index (Phi) is 2.83. The van der Waals surface area contributed by atoms with Crippen molar-refractivity contribution in [2.24, 2.45) is 0 Å². The predicted octanol–water partition coefficient (Wildman–Crippen LogP) is 1.97. The zero-order chi connectivity index (χ0) is 10.0. The molecule has 0 spiro atoms. The first-order chi connectivity index (χ1) is 6.06. The number of aromatic nitrogens is 1. The summed E-state index contributed by atoms with van der Waals surface area (Å²) in [6.07, 6.45) is 0. The van der Waals surface area contributed by atoms with Gasteiger partial charge < -0.3 is 4.74 Å². The Bertz CT molecular complexity index is 354. The standard InChI is InChI=1S/C8H7ClFNO2/c1-4-7(10)5(8(12)13-2)3-6(9)11-4/h3H,1-2H3. The Morgan fingerprint density at radius 1 is 1.69 bits per heavy atom. The predicted molar refractivity (Wildman–Crippen MR) is 45.3 cm³/mol. The van der Waals surface area contributed by atoms with Gasteiger partial charge in [-0.2, -0.15) is 0 Å². The lowest BCUT2D eigenvalue weighted by molar-refractivity contribution is 0.0595. The quantitative estimate of drug-likeness (QED) is 0.518. The van der Waals surface area contributed by atoms with Gasteiger partial charge in [0.2, 0.25) is 0 Å².